The van der Waals surface area contributed by atoms with E-state index in [9.17, 15) is 9.59 Å². The van der Waals surface area contributed by atoms with E-state index in [0.29, 0.717) is 5.56 Å². The Morgan fingerprint density at radius 2 is 2.07 bits per heavy atom. The van der Waals surface area contributed by atoms with Gasteiger partial charge >= 0.3 is 5.97 Å². The third-order valence-electron chi connectivity index (χ3n) is 2.16. The second-order valence-electron chi connectivity index (χ2n) is 3.67. The molecule has 1 heterocycles. The van der Waals surface area contributed by atoms with E-state index in [-0.39, 0.29) is 11.7 Å². The second-order valence-corrected chi connectivity index (χ2v) is 3.67. The van der Waals surface area contributed by atoms with Gasteiger partial charge in [0.05, 0.1) is 0 Å². The summed E-state index contributed by atoms with van der Waals surface area (Å²) in [6.45, 7) is 3.43. The van der Waals surface area contributed by atoms with Crippen molar-refractivity contribution < 1.29 is 14.7 Å². The summed E-state index contributed by atoms with van der Waals surface area (Å²) in [5.41, 5.74) is 0.346. The number of nitrogens with zero attached hydrogens (tertiary/aromatic N) is 1. The molecule has 0 saturated heterocycles. The quantitative estimate of drug-likeness (QED) is 0.601. The summed E-state index contributed by atoms with van der Waals surface area (Å²) < 4.78 is 0. The highest BCUT2D eigenvalue weighted by Gasteiger charge is 2.30. The van der Waals surface area contributed by atoms with Crippen LogP contribution >= 0.6 is 0 Å². The Labute approximate surface area is 88.0 Å². The van der Waals surface area contributed by atoms with Crippen LogP contribution in [-0.2, 0) is 4.79 Å². The highest BCUT2D eigenvalue weighted by Crippen LogP contribution is 2.17. The zero-order chi connectivity index (χ0) is 11.4. The summed E-state index contributed by atoms with van der Waals surface area (Å²) >= 11 is 0. The maximum Gasteiger partial charge on any atom is 0.314 e. The van der Waals surface area contributed by atoms with Gasteiger partial charge in [-0.1, -0.05) is 13.8 Å². The molecule has 1 unspecified atom stereocenters. The van der Waals surface area contributed by atoms with Crippen LogP contribution in [0.25, 0.3) is 0 Å². The molecule has 0 saturated carbocycles. The van der Waals surface area contributed by atoms with E-state index in [1.807, 2.05) is 0 Å². The van der Waals surface area contributed by atoms with E-state index < -0.39 is 11.9 Å². The summed E-state index contributed by atoms with van der Waals surface area (Å²) in [5.74, 6) is -2.69. The number of rotatable bonds is 4. The summed E-state index contributed by atoms with van der Waals surface area (Å²) in [4.78, 5) is 26.5. The predicted molar refractivity (Wildman–Crippen MR) is 54.5 cm³/mol. The van der Waals surface area contributed by atoms with Crippen molar-refractivity contribution in [2.45, 2.75) is 13.8 Å². The number of Topliss-reactive ketones (excluding diaryl/α,β-unsaturated/α-hetero) is 1. The number of carbonyl (C=O) groups is 2. The minimum absolute atomic E-state index is 0.227. The molecule has 4 heteroatoms. The van der Waals surface area contributed by atoms with Crippen molar-refractivity contribution in [1.82, 2.24) is 4.98 Å². The van der Waals surface area contributed by atoms with Gasteiger partial charge in [0.15, 0.2) is 5.78 Å². The zero-order valence-corrected chi connectivity index (χ0v) is 8.68. The largest absolute Gasteiger partial charge is 0.481 e. The summed E-state index contributed by atoms with van der Waals surface area (Å²) in [6.07, 6.45) is 2.93. The maximum atomic E-state index is 11.8. The Morgan fingerprint density at radius 3 is 2.47 bits per heavy atom. The summed E-state index contributed by atoms with van der Waals surface area (Å²) in [6, 6.07) is 3.19. The number of aromatic nitrogens is 1. The molecule has 0 radical (unpaired) electrons. The Hall–Kier alpha value is -1.71. The van der Waals surface area contributed by atoms with Gasteiger partial charge in [-0.15, -0.1) is 0 Å². The first-order valence-corrected chi connectivity index (χ1v) is 4.71. The number of carbonyl (C=O) groups excluding carboxylic acids is 1. The molecule has 0 spiro atoms. The second kappa shape index (κ2) is 4.68. The monoisotopic (exact) mass is 207 g/mol. The molecule has 1 atom stereocenters. The van der Waals surface area contributed by atoms with E-state index in [0.717, 1.165) is 0 Å². The highest BCUT2D eigenvalue weighted by atomic mass is 16.4. The SMILES string of the molecule is CC(C)C(C(=O)O)C(=O)c1cccnc1. The van der Waals surface area contributed by atoms with Crippen LogP contribution in [0.15, 0.2) is 24.5 Å². The van der Waals surface area contributed by atoms with Crippen LogP contribution in [-0.4, -0.2) is 21.8 Å². The number of hydrogen-bond donors (Lipinski definition) is 1. The normalized spacial score (nSPS) is 12.5. The van der Waals surface area contributed by atoms with Gasteiger partial charge in [0.25, 0.3) is 0 Å². The van der Waals surface area contributed by atoms with Crippen molar-refractivity contribution in [2.75, 3.05) is 0 Å². The standard InChI is InChI=1S/C11H13NO3/c1-7(2)9(11(14)15)10(13)8-4-3-5-12-6-8/h3-7,9H,1-2H3,(H,14,15). The number of ketones is 1. The van der Waals surface area contributed by atoms with Crippen molar-refractivity contribution in [3.05, 3.63) is 30.1 Å². The maximum absolute atomic E-state index is 11.8. The van der Waals surface area contributed by atoms with Gasteiger partial charge in [0.1, 0.15) is 5.92 Å². The lowest BCUT2D eigenvalue weighted by molar-refractivity contribution is -0.141. The average Bonchev–Trinajstić information content (AvgIpc) is 2.18. The average molecular weight is 207 g/mol. The molecule has 0 amide bonds. The van der Waals surface area contributed by atoms with E-state index in [4.69, 9.17) is 5.11 Å². The van der Waals surface area contributed by atoms with Gasteiger partial charge in [0, 0.05) is 18.0 Å². The lowest BCUT2D eigenvalue weighted by atomic mass is 9.89. The van der Waals surface area contributed by atoms with Gasteiger partial charge in [-0.2, -0.15) is 0 Å². The molecule has 1 rings (SSSR count). The fourth-order valence-electron chi connectivity index (χ4n) is 1.39. The molecule has 0 fully saturated rings. The smallest absolute Gasteiger partial charge is 0.314 e. The number of carboxylic acid groups (broad SMARTS) is 1. The fraction of sp³-hybridized carbons (Fsp3) is 0.364. The first kappa shape index (κ1) is 11.4. The summed E-state index contributed by atoms with van der Waals surface area (Å²) in [7, 11) is 0. The van der Waals surface area contributed by atoms with Crippen LogP contribution in [0.2, 0.25) is 0 Å². The van der Waals surface area contributed by atoms with Crippen LogP contribution in [0.4, 0.5) is 0 Å². The molecule has 1 aromatic heterocycles. The van der Waals surface area contributed by atoms with Crippen molar-refractivity contribution >= 4 is 11.8 Å². The van der Waals surface area contributed by atoms with Crippen molar-refractivity contribution in [1.29, 1.82) is 0 Å². The molecule has 4 nitrogen and oxygen atoms in total. The first-order valence-electron chi connectivity index (χ1n) is 4.71. The number of aliphatic carboxylic acids is 1. The Balaban J connectivity index is 2.97. The highest BCUT2D eigenvalue weighted by molar-refractivity contribution is 6.08. The van der Waals surface area contributed by atoms with Crippen LogP contribution in [0.1, 0.15) is 24.2 Å². The van der Waals surface area contributed by atoms with Crippen LogP contribution in [0.3, 0.4) is 0 Å². The molecule has 0 aromatic carbocycles. The molecule has 80 valence electrons. The van der Waals surface area contributed by atoms with Crippen LogP contribution in [0.5, 0.6) is 0 Å². The molecule has 0 aliphatic heterocycles. The predicted octanol–water partition coefficient (Wildman–Crippen LogP) is 1.62. The third kappa shape index (κ3) is 2.62. The Kier molecular flexibility index (Phi) is 3.55. The molecule has 0 aliphatic carbocycles. The minimum Gasteiger partial charge on any atom is -0.481 e. The van der Waals surface area contributed by atoms with E-state index in [1.165, 1.54) is 6.20 Å². The molecular weight excluding hydrogens is 194 g/mol. The molecule has 1 aromatic rings. The Morgan fingerprint density at radius 1 is 1.40 bits per heavy atom. The lowest BCUT2D eigenvalue weighted by Crippen LogP contribution is -2.28. The van der Waals surface area contributed by atoms with Gasteiger partial charge < -0.3 is 5.11 Å². The lowest BCUT2D eigenvalue weighted by Gasteiger charge is -2.14. The zero-order valence-electron chi connectivity index (χ0n) is 8.68. The first-order chi connectivity index (χ1) is 7.04. The molecule has 0 bridgehead atoms. The number of pyridine rings is 1. The molecular formula is C11H13NO3. The van der Waals surface area contributed by atoms with Crippen LogP contribution in [0, 0.1) is 11.8 Å². The van der Waals surface area contributed by atoms with Gasteiger partial charge in [0.2, 0.25) is 0 Å². The number of carboxylic acids is 1. The van der Waals surface area contributed by atoms with E-state index in [1.54, 1.807) is 32.2 Å². The van der Waals surface area contributed by atoms with Gasteiger partial charge in [-0.25, -0.2) is 0 Å². The van der Waals surface area contributed by atoms with Crippen molar-refractivity contribution in [3.63, 3.8) is 0 Å². The minimum atomic E-state index is -1.08. The van der Waals surface area contributed by atoms with E-state index >= 15 is 0 Å². The van der Waals surface area contributed by atoms with Crippen molar-refractivity contribution in [3.8, 4) is 0 Å². The van der Waals surface area contributed by atoms with Gasteiger partial charge in [-0.3, -0.25) is 14.6 Å². The topological polar surface area (TPSA) is 67.3 Å². The van der Waals surface area contributed by atoms with Crippen molar-refractivity contribution in [2.24, 2.45) is 11.8 Å². The molecule has 1 N–H and O–H groups in total. The van der Waals surface area contributed by atoms with Crippen LogP contribution < -0.4 is 0 Å². The third-order valence-corrected chi connectivity index (χ3v) is 2.16. The molecule has 15 heavy (non-hydrogen) atoms. The number of hydrogen-bond acceptors (Lipinski definition) is 3. The fourth-order valence-corrected chi connectivity index (χ4v) is 1.39. The van der Waals surface area contributed by atoms with E-state index in [2.05, 4.69) is 4.98 Å². The molecule has 0 aliphatic rings. The summed E-state index contributed by atoms with van der Waals surface area (Å²) in [5, 5.41) is 8.93. The van der Waals surface area contributed by atoms with Gasteiger partial charge in [-0.05, 0) is 18.1 Å². The Bertz CT molecular complexity index is 359.